The summed E-state index contributed by atoms with van der Waals surface area (Å²) in [6, 6.07) is 4.09. The van der Waals surface area contributed by atoms with E-state index in [1.165, 1.54) is 24.0 Å². The maximum absolute atomic E-state index is 9.96. The van der Waals surface area contributed by atoms with Gasteiger partial charge in [-0.2, -0.15) is 0 Å². The van der Waals surface area contributed by atoms with Gasteiger partial charge in [-0.05, 0) is 61.8 Å². The maximum atomic E-state index is 9.96. The molecule has 2 heteroatoms. The molecular formula is C13H17NO. The van der Waals surface area contributed by atoms with E-state index in [4.69, 9.17) is 5.73 Å². The zero-order chi connectivity index (χ0) is 10.5. The highest BCUT2D eigenvalue weighted by atomic mass is 16.3. The van der Waals surface area contributed by atoms with Gasteiger partial charge in [0.05, 0.1) is 0 Å². The third-order valence-electron chi connectivity index (χ3n) is 3.79. The molecule has 0 aromatic heterocycles. The Morgan fingerprint density at radius 3 is 2.27 bits per heavy atom. The Bertz CT molecular complexity index is 407. The summed E-state index contributed by atoms with van der Waals surface area (Å²) in [6.45, 7) is 0. The van der Waals surface area contributed by atoms with Gasteiger partial charge in [0.1, 0.15) is 5.75 Å². The van der Waals surface area contributed by atoms with Crippen molar-refractivity contribution in [2.75, 3.05) is 0 Å². The van der Waals surface area contributed by atoms with Crippen LogP contribution in [0, 0.1) is 0 Å². The summed E-state index contributed by atoms with van der Waals surface area (Å²) in [5.41, 5.74) is 9.64. The summed E-state index contributed by atoms with van der Waals surface area (Å²) < 4.78 is 0. The summed E-state index contributed by atoms with van der Waals surface area (Å²) in [5, 5.41) is 9.96. The predicted octanol–water partition coefficient (Wildman–Crippen LogP) is 2.22. The van der Waals surface area contributed by atoms with Crippen LogP contribution in [0.2, 0.25) is 0 Å². The lowest BCUT2D eigenvalue weighted by atomic mass is 9.88. The van der Waals surface area contributed by atoms with E-state index in [0.29, 0.717) is 5.75 Å². The Kier molecular flexibility index (Phi) is 1.84. The van der Waals surface area contributed by atoms with Gasteiger partial charge < -0.3 is 10.8 Å². The monoisotopic (exact) mass is 203 g/mol. The normalized spacial score (nSPS) is 22.2. The zero-order valence-corrected chi connectivity index (χ0v) is 8.92. The summed E-state index contributed by atoms with van der Waals surface area (Å²) in [5.74, 6) is 0.413. The van der Waals surface area contributed by atoms with E-state index in [1.807, 2.05) is 6.07 Å². The molecule has 3 N–H and O–H groups in total. The van der Waals surface area contributed by atoms with E-state index < -0.39 is 0 Å². The highest BCUT2D eigenvalue weighted by Gasteiger charge is 2.42. The Balaban J connectivity index is 2.08. The van der Waals surface area contributed by atoms with Crippen LogP contribution >= 0.6 is 0 Å². The topological polar surface area (TPSA) is 46.2 Å². The Hall–Kier alpha value is -1.02. The van der Waals surface area contributed by atoms with E-state index >= 15 is 0 Å². The van der Waals surface area contributed by atoms with Gasteiger partial charge in [-0.3, -0.25) is 0 Å². The van der Waals surface area contributed by atoms with Crippen LogP contribution in [-0.2, 0) is 18.4 Å². The smallest absolute Gasteiger partial charge is 0.120 e. The molecule has 0 bridgehead atoms. The van der Waals surface area contributed by atoms with Crippen LogP contribution in [0.15, 0.2) is 12.1 Å². The quantitative estimate of drug-likeness (QED) is 0.735. The summed E-state index contributed by atoms with van der Waals surface area (Å²) >= 11 is 0. The molecule has 0 spiro atoms. The molecule has 0 unspecified atom stereocenters. The summed E-state index contributed by atoms with van der Waals surface area (Å²) in [4.78, 5) is 0. The maximum Gasteiger partial charge on any atom is 0.120 e. The molecule has 15 heavy (non-hydrogen) atoms. The zero-order valence-electron chi connectivity index (χ0n) is 8.92. The van der Waals surface area contributed by atoms with Crippen molar-refractivity contribution in [3.63, 3.8) is 0 Å². The largest absolute Gasteiger partial charge is 0.508 e. The minimum Gasteiger partial charge on any atom is -0.508 e. The van der Waals surface area contributed by atoms with Crippen LogP contribution in [0.5, 0.6) is 5.75 Å². The van der Waals surface area contributed by atoms with Gasteiger partial charge in [0.2, 0.25) is 0 Å². The fourth-order valence-electron chi connectivity index (χ4n) is 2.58. The van der Waals surface area contributed by atoms with Crippen molar-refractivity contribution in [3.05, 3.63) is 28.8 Å². The standard InChI is InChI=1S/C13H17NO/c14-13(5-6-13)11-7-9-3-1-2-4-10(9)8-12(11)15/h7-8,15H,1-6,14H2. The van der Waals surface area contributed by atoms with Gasteiger partial charge in [-0.1, -0.05) is 0 Å². The number of aryl methyl sites for hydroxylation is 2. The molecule has 1 saturated carbocycles. The SMILES string of the molecule is NC1(c2cc3c(cc2O)CCCC3)CC1. The summed E-state index contributed by atoms with van der Waals surface area (Å²) in [6.07, 6.45) is 6.81. The lowest BCUT2D eigenvalue weighted by Gasteiger charge is -2.20. The highest BCUT2D eigenvalue weighted by molar-refractivity contribution is 5.48. The lowest BCUT2D eigenvalue weighted by Crippen LogP contribution is -2.19. The molecule has 80 valence electrons. The van der Waals surface area contributed by atoms with Crippen LogP contribution in [-0.4, -0.2) is 5.11 Å². The third-order valence-corrected chi connectivity index (χ3v) is 3.79. The number of phenolic OH excluding ortho intramolecular Hbond substituents is 1. The molecule has 3 rings (SSSR count). The third kappa shape index (κ3) is 1.44. The van der Waals surface area contributed by atoms with E-state index in [0.717, 1.165) is 31.2 Å². The molecule has 0 amide bonds. The Labute approximate surface area is 90.1 Å². The van der Waals surface area contributed by atoms with E-state index in [2.05, 4.69) is 6.07 Å². The van der Waals surface area contributed by atoms with Crippen LogP contribution in [0.4, 0.5) is 0 Å². The number of hydrogen-bond acceptors (Lipinski definition) is 2. The van der Waals surface area contributed by atoms with Crippen LogP contribution in [0.1, 0.15) is 42.4 Å². The molecule has 0 saturated heterocycles. The minimum atomic E-state index is -0.212. The first-order chi connectivity index (χ1) is 7.19. The number of rotatable bonds is 1. The van der Waals surface area contributed by atoms with E-state index in [1.54, 1.807) is 0 Å². The molecule has 1 fully saturated rings. The first kappa shape index (κ1) is 9.22. The van der Waals surface area contributed by atoms with Crippen LogP contribution in [0.3, 0.4) is 0 Å². The highest BCUT2D eigenvalue weighted by Crippen LogP contribution is 2.47. The second kappa shape index (κ2) is 2.99. The average Bonchev–Trinajstić information content (AvgIpc) is 2.96. The van der Waals surface area contributed by atoms with Gasteiger partial charge in [0.15, 0.2) is 0 Å². The fraction of sp³-hybridized carbons (Fsp3) is 0.538. The number of phenols is 1. The molecule has 0 radical (unpaired) electrons. The first-order valence-corrected chi connectivity index (χ1v) is 5.83. The van der Waals surface area contributed by atoms with Crippen molar-refractivity contribution < 1.29 is 5.11 Å². The lowest BCUT2D eigenvalue weighted by molar-refractivity contribution is 0.457. The van der Waals surface area contributed by atoms with E-state index in [-0.39, 0.29) is 5.54 Å². The van der Waals surface area contributed by atoms with Crippen molar-refractivity contribution in [2.24, 2.45) is 5.73 Å². The number of aromatic hydroxyl groups is 1. The Morgan fingerprint density at radius 1 is 1.07 bits per heavy atom. The van der Waals surface area contributed by atoms with Crippen molar-refractivity contribution >= 4 is 0 Å². The molecule has 0 heterocycles. The van der Waals surface area contributed by atoms with Crippen molar-refractivity contribution in [2.45, 2.75) is 44.1 Å². The molecule has 0 atom stereocenters. The van der Waals surface area contributed by atoms with Gasteiger partial charge >= 0.3 is 0 Å². The fourth-order valence-corrected chi connectivity index (χ4v) is 2.58. The molecule has 0 aliphatic heterocycles. The molecule has 2 aliphatic carbocycles. The van der Waals surface area contributed by atoms with Gasteiger partial charge in [0, 0.05) is 11.1 Å². The van der Waals surface area contributed by atoms with Crippen LogP contribution in [0.25, 0.3) is 0 Å². The minimum absolute atomic E-state index is 0.212. The van der Waals surface area contributed by atoms with Crippen molar-refractivity contribution in [1.82, 2.24) is 0 Å². The Morgan fingerprint density at radius 2 is 1.67 bits per heavy atom. The number of hydrogen-bond donors (Lipinski definition) is 2. The number of nitrogens with two attached hydrogens (primary N) is 1. The molecular weight excluding hydrogens is 186 g/mol. The molecule has 1 aromatic rings. The number of benzene rings is 1. The van der Waals surface area contributed by atoms with Crippen molar-refractivity contribution in [3.8, 4) is 5.75 Å². The molecule has 1 aromatic carbocycles. The van der Waals surface area contributed by atoms with E-state index in [9.17, 15) is 5.11 Å². The average molecular weight is 203 g/mol. The van der Waals surface area contributed by atoms with Gasteiger partial charge in [0.25, 0.3) is 0 Å². The number of fused-ring (bicyclic) bond motifs is 1. The summed E-state index contributed by atoms with van der Waals surface area (Å²) in [7, 11) is 0. The first-order valence-electron chi connectivity index (χ1n) is 5.83. The van der Waals surface area contributed by atoms with Crippen molar-refractivity contribution in [1.29, 1.82) is 0 Å². The second-order valence-corrected chi connectivity index (χ2v) is 5.00. The van der Waals surface area contributed by atoms with Gasteiger partial charge in [-0.15, -0.1) is 0 Å². The van der Waals surface area contributed by atoms with Gasteiger partial charge in [-0.25, -0.2) is 0 Å². The molecule has 2 nitrogen and oxygen atoms in total. The predicted molar refractivity (Wildman–Crippen MR) is 59.8 cm³/mol. The molecule has 2 aliphatic rings. The second-order valence-electron chi connectivity index (χ2n) is 5.00. The van der Waals surface area contributed by atoms with Crippen LogP contribution < -0.4 is 5.73 Å².